The second kappa shape index (κ2) is 10.3. The number of hydrogen-bond acceptors (Lipinski definition) is 6. The predicted molar refractivity (Wildman–Crippen MR) is 125 cm³/mol. The topological polar surface area (TPSA) is 66.8 Å². The van der Waals surface area contributed by atoms with Gasteiger partial charge in [-0.3, -0.25) is 9.36 Å². The number of carbonyl (C=O) groups is 1. The van der Waals surface area contributed by atoms with E-state index in [1.54, 1.807) is 19.1 Å². The SMILES string of the molecule is CCOC(=O)C=c1sc(=Cc2cccc(C(F)(F)F)c2)c(=O)n1Cc1cc(Cl)cc2c1OCOC2. The summed E-state index contributed by atoms with van der Waals surface area (Å²) in [5.74, 6) is -0.116. The molecular formula is C24H19ClF3NO5S. The molecule has 2 heterocycles. The molecule has 184 valence electrons. The number of thiazole rings is 1. The molecule has 3 aromatic rings. The first-order valence-corrected chi connectivity index (χ1v) is 11.6. The highest BCUT2D eigenvalue weighted by Gasteiger charge is 2.30. The molecule has 1 aliphatic heterocycles. The molecule has 1 aromatic heterocycles. The predicted octanol–water partition coefficient (Wildman–Crippen LogP) is 3.67. The monoisotopic (exact) mass is 525 g/mol. The Bertz CT molecular complexity index is 1440. The average Bonchev–Trinajstić information content (AvgIpc) is 3.07. The normalized spacial score (nSPS) is 14.5. The van der Waals surface area contributed by atoms with Crippen LogP contribution in [0, 0.1) is 0 Å². The zero-order valence-electron chi connectivity index (χ0n) is 18.4. The average molecular weight is 526 g/mol. The summed E-state index contributed by atoms with van der Waals surface area (Å²) in [5, 5.41) is 0.419. The Morgan fingerprint density at radius 3 is 2.83 bits per heavy atom. The van der Waals surface area contributed by atoms with Crippen LogP contribution in [0.3, 0.4) is 0 Å². The number of ether oxygens (including phenoxy) is 3. The third-order valence-corrected chi connectivity index (χ3v) is 6.33. The van der Waals surface area contributed by atoms with E-state index in [2.05, 4.69) is 0 Å². The Morgan fingerprint density at radius 2 is 2.09 bits per heavy atom. The van der Waals surface area contributed by atoms with Crippen LogP contribution in [0.1, 0.15) is 29.2 Å². The quantitative estimate of drug-likeness (QED) is 0.476. The molecule has 0 fully saturated rings. The lowest BCUT2D eigenvalue weighted by atomic mass is 10.1. The van der Waals surface area contributed by atoms with Crippen LogP contribution in [0.5, 0.6) is 5.75 Å². The van der Waals surface area contributed by atoms with Crippen molar-refractivity contribution in [1.82, 2.24) is 4.57 Å². The Hall–Kier alpha value is -3.08. The van der Waals surface area contributed by atoms with E-state index < -0.39 is 23.3 Å². The van der Waals surface area contributed by atoms with E-state index in [-0.39, 0.29) is 41.3 Å². The number of hydrogen-bond donors (Lipinski definition) is 0. The Balaban J connectivity index is 1.86. The van der Waals surface area contributed by atoms with Crippen LogP contribution < -0.4 is 19.5 Å². The molecule has 0 atom stereocenters. The lowest BCUT2D eigenvalue weighted by molar-refractivity contribution is -0.137. The third kappa shape index (κ3) is 5.77. The zero-order chi connectivity index (χ0) is 25.2. The van der Waals surface area contributed by atoms with E-state index >= 15 is 0 Å². The molecule has 0 saturated heterocycles. The number of benzene rings is 2. The minimum atomic E-state index is -4.52. The largest absolute Gasteiger partial charge is 0.467 e. The van der Waals surface area contributed by atoms with Crippen molar-refractivity contribution < 1.29 is 32.2 Å². The smallest absolute Gasteiger partial charge is 0.416 e. The molecule has 0 N–H and O–H groups in total. The van der Waals surface area contributed by atoms with E-state index in [1.807, 2.05) is 0 Å². The van der Waals surface area contributed by atoms with Crippen LogP contribution in [0.15, 0.2) is 41.2 Å². The van der Waals surface area contributed by atoms with Gasteiger partial charge in [0.2, 0.25) is 0 Å². The summed E-state index contributed by atoms with van der Waals surface area (Å²) in [5.41, 5.74) is 0.206. The summed E-state index contributed by atoms with van der Waals surface area (Å²) in [6.07, 6.45) is -1.98. The Kier molecular flexibility index (Phi) is 7.34. The molecule has 2 aromatic carbocycles. The van der Waals surface area contributed by atoms with Crippen LogP contribution in [0.4, 0.5) is 13.2 Å². The van der Waals surface area contributed by atoms with Crippen LogP contribution in [0.2, 0.25) is 5.02 Å². The number of halogens is 4. The van der Waals surface area contributed by atoms with Gasteiger partial charge in [-0.1, -0.05) is 23.7 Å². The number of esters is 1. The molecule has 0 unspecified atom stereocenters. The maximum atomic E-state index is 13.3. The van der Waals surface area contributed by atoms with Gasteiger partial charge < -0.3 is 14.2 Å². The molecule has 0 spiro atoms. The molecule has 0 bridgehead atoms. The lowest BCUT2D eigenvalue weighted by Crippen LogP contribution is -2.32. The molecule has 6 nitrogen and oxygen atoms in total. The van der Waals surface area contributed by atoms with Gasteiger partial charge in [-0.15, -0.1) is 11.3 Å². The highest BCUT2D eigenvalue weighted by Crippen LogP contribution is 2.32. The molecule has 0 radical (unpaired) electrons. The van der Waals surface area contributed by atoms with Crippen molar-refractivity contribution >= 4 is 41.1 Å². The molecule has 1 aliphatic rings. The lowest BCUT2D eigenvalue weighted by Gasteiger charge is -2.21. The first kappa shape index (κ1) is 25.0. The molecule has 0 aliphatic carbocycles. The first-order chi connectivity index (χ1) is 16.7. The van der Waals surface area contributed by atoms with Gasteiger partial charge in [0.05, 0.1) is 35.9 Å². The van der Waals surface area contributed by atoms with Crippen molar-refractivity contribution in [3.8, 4) is 5.75 Å². The number of carbonyl (C=O) groups excluding carboxylic acids is 1. The summed E-state index contributed by atoms with van der Waals surface area (Å²) >= 11 is 7.21. The molecule has 0 amide bonds. The van der Waals surface area contributed by atoms with Crippen molar-refractivity contribution in [3.05, 3.63) is 83.2 Å². The number of rotatable bonds is 5. The highest BCUT2D eigenvalue weighted by molar-refractivity contribution is 7.07. The van der Waals surface area contributed by atoms with Crippen molar-refractivity contribution in [3.63, 3.8) is 0 Å². The number of fused-ring (bicyclic) bond motifs is 1. The minimum Gasteiger partial charge on any atom is -0.467 e. The fraction of sp³-hybridized carbons (Fsp3) is 0.250. The van der Waals surface area contributed by atoms with Gasteiger partial charge in [-0.25, -0.2) is 4.79 Å². The Labute approximate surface area is 206 Å². The van der Waals surface area contributed by atoms with Crippen molar-refractivity contribution in [2.75, 3.05) is 13.4 Å². The summed E-state index contributed by atoms with van der Waals surface area (Å²) in [7, 11) is 0. The standard InChI is InChI=1S/C24H19ClF3NO5S/c1-2-33-21(30)10-20-29(11-15-8-18(25)9-16-12-32-13-34-22(15)16)23(31)19(35-20)7-14-4-3-5-17(6-14)24(26,27)28/h3-10H,2,11-13H2,1H3. The van der Waals surface area contributed by atoms with Crippen molar-refractivity contribution in [2.24, 2.45) is 0 Å². The first-order valence-electron chi connectivity index (χ1n) is 10.4. The van der Waals surface area contributed by atoms with Crippen molar-refractivity contribution in [2.45, 2.75) is 26.3 Å². The number of alkyl halides is 3. The summed E-state index contributed by atoms with van der Waals surface area (Å²) < 4.78 is 57.0. The van der Waals surface area contributed by atoms with Gasteiger partial charge in [0.25, 0.3) is 5.56 Å². The fourth-order valence-electron chi connectivity index (χ4n) is 3.58. The van der Waals surface area contributed by atoms with E-state index in [0.717, 1.165) is 23.5 Å². The van der Waals surface area contributed by atoms with E-state index in [9.17, 15) is 22.8 Å². The van der Waals surface area contributed by atoms with Crippen LogP contribution in [-0.4, -0.2) is 23.9 Å². The van der Waals surface area contributed by atoms with Gasteiger partial charge in [0.1, 0.15) is 10.4 Å². The Morgan fingerprint density at radius 1 is 1.29 bits per heavy atom. The number of nitrogens with zero attached hydrogens (tertiary/aromatic N) is 1. The number of aromatic nitrogens is 1. The van der Waals surface area contributed by atoms with Gasteiger partial charge in [-0.05, 0) is 42.8 Å². The van der Waals surface area contributed by atoms with Gasteiger partial charge in [0, 0.05) is 16.1 Å². The van der Waals surface area contributed by atoms with Gasteiger partial charge in [0.15, 0.2) is 6.79 Å². The minimum absolute atomic E-state index is 0.0138. The third-order valence-electron chi connectivity index (χ3n) is 5.06. The molecule has 11 heteroatoms. The van der Waals surface area contributed by atoms with Gasteiger partial charge >= 0.3 is 12.1 Å². The maximum Gasteiger partial charge on any atom is 0.416 e. The fourth-order valence-corrected chi connectivity index (χ4v) is 4.87. The van der Waals surface area contributed by atoms with Crippen molar-refractivity contribution in [1.29, 1.82) is 0 Å². The molecular weight excluding hydrogens is 507 g/mol. The molecule has 35 heavy (non-hydrogen) atoms. The van der Waals surface area contributed by atoms with Crippen LogP contribution in [-0.2, 0) is 33.6 Å². The van der Waals surface area contributed by atoms with E-state index in [4.69, 9.17) is 25.8 Å². The van der Waals surface area contributed by atoms with Crippen LogP contribution in [0.25, 0.3) is 12.2 Å². The maximum absolute atomic E-state index is 13.3. The summed E-state index contributed by atoms with van der Waals surface area (Å²) in [4.78, 5) is 25.5. The summed E-state index contributed by atoms with van der Waals surface area (Å²) in [6, 6.07) is 8.00. The molecule has 4 rings (SSSR count). The molecule has 0 saturated carbocycles. The van der Waals surface area contributed by atoms with E-state index in [0.29, 0.717) is 21.9 Å². The van der Waals surface area contributed by atoms with Crippen LogP contribution >= 0.6 is 22.9 Å². The summed E-state index contributed by atoms with van der Waals surface area (Å²) in [6.45, 7) is 2.13. The zero-order valence-corrected chi connectivity index (χ0v) is 19.9. The van der Waals surface area contributed by atoms with E-state index in [1.165, 1.54) is 28.9 Å². The second-order valence-corrected chi connectivity index (χ2v) is 9.02. The second-order valence-electron chi connectivity index (χ2n) is 7.52. The highest BCUT2D eigenvalue weighted by atomic mass is 35.5. The van der Waals surface area contributed by atoms with Gasteiger partial charge in [-0.2, -0.15) is 13.2 Å².